The van der Waals surface area contributed by atoms with E-state index in [-0.39, 0.29) is 30.1 Å². The lowest BCUT2D eigenvalue weighted by Crippen LogP contribution is -2.49. The van der Waals surface area contributed by atoms with Crippen molar-refractivity contribution in [3.63, 3.8) is 0 Å². The number of aliphatic imine (C=N–C) groups is 1. The molecule has 1 aromatic carbocycles. The van der Waals surface area contributed by atoms with Gasteiger partial charge in [-0.15, -0.1) is 24.0 Å². The molecule has 180 valence electrons. The first-order valence-electron chi connectivity index (χ1n) is 11.9. The summed E-state index contributed by atoms with van der Waals surface area (Å²) in [6, 6.07) is 9.18. The summed E-state index contributed by atoms with van der Waals surface area (Å²) in [7, 11) is 1.80. The van der Waals surface area contributed by atoms with Gasteiger partial charge in [-0.25, -0.2) is 4.79 Å². The van der Waals surface area contributed by atoms with Crippen molar-refractivity contribution in [2.45, 2.75) is 64.6 Å². The predicted octanol–water partition coefficient (Wildman–Crippen LogP) is 3.97. The third kappa shape index (κ3) is 8.77. The molecule has 2 aliphatic heterocycles. The van der Waals surface area contributed by atoms with Crippen molar-refractivity contribution < 1.29 is 9.53 Å². The van der Waals surface area contributed by atoms with Crippen molar-refractivity contribution in [3.05, 3.63) is 35.4 Å². The number of carbonyl (C=O) groups excluding carboxylic acids is 1. The molecule has 0 bridgehead atoms. The second kappa shape index (κ2) is 14.6. The van der Waals surface area contributed by atoms with Gasteiger partial charge >= 0.3 is 6.09 Å². The number of ether oxygens (including phenoxy) is 1. The first-order chi connectivity index (χ1) is 15.2. The molecule has 8 heteroatoms. The van der Waals surface area contributed by atoms with Gasteiger partial charge in [0.15, 0.2) is 5.96 Å². The minimum Gasteiger partial charge on any atom is -0.450 e. The number of likely N-dealkylation sites (tertiary alicyclic amines) is 2. The molecule has 1 amide bonds. The average Bonchev–Trinajstić information content (AvgIpc) is 3.06. The first-order valence-corrected chi connectivity index (χ1v) is 11.9. The van der Waals surface area contributed by atoms with Gasteiger partial charge < -0.3 is 20.3 Å². The van der Waals surface area contributed by atoms with Crippen LogP contribution < -0.4 is 10.6 Å². The fourth-order valence-corrected chi connectivity index (χ4v) is 4.39. The molecule has 0 aromatic heterocycles. The summed E-state index contributed by atoms with van der Waals surface area (Å²) in [5.74, 6) is 0.813. The summed E-state index contributed by atoms with van der Waals surface area (Å²) in [4.78, 5) is 20.6. The van der Waals surface area contributed by atoms with Gasteiger partial charge in [0.25, 0.3) is 0 Å². The van der Waals surface area contributed by atoms with Gasteiger partial charge in [0.2, 0.25) is 0 Å². The zero-order valence-corrected chi connectivity index (χ0v) is 22.0. The molecule has 0 atom stereocenters. The summed E-state index contributed by atoms with van der Waals surface area (Å²) in [6.07, 6.45) is 6.96. The van der Waals surface area contributed by atoms with Crippen LogP contribution in [0.5, 0.6) is 0 Å². The van der Waals surface area contributed by atoms with Crippen LogP contribution in [-0.2, 0) is 17.8 Å². The molecule has 2 heterocycles. The second-order valence-electron chi connectivity index (χ2n) is 8.54. The molecule has 2 saturated heterocycles. The molecule has 2 fully saturated rings. The second-order valence-corrected chi connectivity index (χ2v) is 8.54. The van der Waals surface area contributed by atoms with Gasteiger partial charge in [0.1, 0.15) is 0 Å². The quantitative estimate of drug-likeness (QED) is 0.315. The highest BCUT2D eigenvalue weighted by molar-refractivity contribution is 14.0. The summed E-state index contributed by atoms with van der Waals surface area (Å²) in [6.45, 7) is 7.91. The summed E-state index contributed by atoms with van der Waals surface area (Å²) in [5.41, 5.74) is 2.66. The zero-order chi connectivity index (χ0) is 21.9. The highest BCUT2D eigenvalue weighted by atomic mass is 127. The number of nitrogens with zero attached hydrogens (tertiary/aromatic N) is 3. The molecule has 32 heavy (non-hydrogen) atoms. The number of piperidine rings is 1. The molecule has 0 unspecified atom stereocenters. The number of amides is 1. The molecule has 3 rings (SSSR count). The van der Waals surface area contributed by atoms with E-state index in [0.29, 0.717) is 25.7 Å². The van der Waals surface area contributed by atoms with Crippen LogP contribution in [0, 0.1) is 0 Å². The van der Waals surface area contributed by atoms with Crippen LogP contribution in [0.2, 0.25) is 0 Å². The molecule has 7 nitrogen and oxygen atoms in total. The number of rotatable bonds is 6. The van der Waals surface area contributed by atoms with E-state index in [1.54, 1.807) is 11.9 Å². The van der Waals surface area contributed by atoms with Crippen LogP contribution in [0.25, 0.3) is 0 Å². The number of hydrogen-bond acceptors (Lipinski definition) is 4. The van der Waals surface area contributed by atoms with Gasteiger partial charge in [0.05, 0.1) is 6.61 Å². The van der Waals surface area contributed by atoms with E-state index >= 15 is 0 Å². The Morgan fingerprint density at radius 3 is 2.44 bits per heavy atom. The molecular weight excluding hydrogens is 517 g/mol. The van der Waals surface area contributed by atoms with Crippen molar-refractivity contribution in [1.29, 1.82) is 0 Å². The van der Waals surface area contributed by atoms with Gasteiger partial charge in [-0.1, -0.05) is 37.1 Å². The lowest BCUT2D eigenvalue weighted by Gasteiger charge is -2.32. The fraction of sp³-hybridized carbons (Fsp3) is 0.667. The summed E-state index contributed by atoms with van der Waals surface area (Å²) < 4.78 is 5.10. The maximum Gasteiger partial charge on any atom is 0.409 e. The van der Waals surface area contributed by atoms with E-state index in [0.717, 1.165) is 31.9 Å². The van der Waals surface area contributed by atoms with Crippen molar-refractivity contribution in [1.82, 2.24) is 20.4 Å². The summed E-state index contributed by atoms with van der Waals surface area (Å²) in [5, 5.41) is 6.95. The normalized spacial score (nSPS) is 18.4. The van der Waals surface area contributed by atoms with E-state index in [4.69, 9.17) is 4.74 Å². The third-order valence-corrected chi connectivity index (χ3v) is 6.14. The van der Waals surface area contributed by atoms with Crippen LogP contribution >= 0.6 is 24.0 Å². The highest BCUT2D eigenvalue weighted by Gasteiger charge is 2.24. The van der Waals surface area contributed by atoms with Gasteiger partial charge in [0, 0.05) is 39.3 Å². The molecule has 0 saturated carbocycles. The molecular formula is C24H40IN5O2. The number of guanidine groups is 1. The lowest BCUT2D eigenvalue weighted by molar-refractivity contribution is 0.0963. The monoisotopic (exact) mass is 557 g/mol. The van der Waals surface area contributed by atoms with E-state index in [9.17, 15) is 4.79 Å². The van der Waals surface area contributed by atoms with Gasteiger partial charge in [-0.3, -0.25) is 9.89 Å². The van der Waals surface area contributed by atoms with E-state index in [1.807, 2.05) is 6.92 Å². The average molecular weight is 558 g/mol. The number of hydrogen-bond donors (Lipinski definition) is 2. The van der Waals surface area contributed by atoms with Crippen molar-refractivity contribution in [2.75, 3.05) is 39.8 Å². The van der Waals surface area contributed by atoms with Crippen molar-refractivity contribution >= 4 is 36.0 Å². The van der Waals surface area contributed by atoms with E-state index in [2.05, 4.69) is 44.8 Å². The van der Waals surface area contributed by atoms with Crippen LogP contribution in [-0.4, -0.2) is 67.7 Å². The SMILES string of the molecule is CCOC(=O)N1CCC(NC(=NC)NCc2cccc(CN3CCCCCC3)c2)CC1.I. The number of nitrogens with one attached hydrogen (secondary N) is 2. The predicted molar refractivity (Wildman–Crippen MR) is 141 cm³/mol. The van der Waals surface area contributed by atoms with Crippen molar-refractivity contribution in [3.8, 4) is 0 Å². The zero-order valence-electron chi connectivity index (χ0n) is 19.6. The number of benzene rings is 1. The molecule has 0 spiro atoms. The van der Waals surface area contributed by atoms with Crippen LogP contribution in [0.1, 0.15) is 56.6 Å². The van der Waals surface area contributed by atoms with Crippen molar-refractivity contribution in [2.24, 2.45) is 4.99 Å². The Hall–Kier alpha value is -1.55. The standard InChI is InChI=1S/C24H39N5O2.HI/c1-3-31-24(30)29-15-11-22(12-16-29)27-23(25-2)26-18-20-9-8-10-21(17-20)19-28-13-6-4-5-7-14-28;/h8-10,17,22H,3-7,11-16,18-19H2,1-2H3,(H2,25,26,27);1H. The minimum absolute atomic E-state index is 0. The topological polar surface area (TPSA) is 69.2 Å². The van der Waals surface area contributed by atoms with Crippen LogP contribution in [0.3, 0.4) is 0 Å². The van der Waals surface area contributed by atoms with E-state index in [1.165, 1.54) is 49.9 Å². The maximum absolute atomic E-state index is 11.9. The largest absolute Gasteiger partial charge is 0.450 e. The third-order valence-electron chi connectivity index (χ3n) is 6.14. The first kappa shape index (κ1) is 26.7. The number of halogens is 1. The van der Waals surface area contributed by atoms with Crippen LogP contribution in [0.15, 0.2) is 29.3 Å². The molecule has 0 radical (unpaired) electrons. The molecule has 2 aliphatic rings. The minimum atomic E-state index is -0.205. The van der Waals surface area contributed by atoms with Crippen LogP contribution in [0.4, 0.5) is 4.79 Å². The Labute approximate surface area is 210 Å². The smallest absolute Gasteiger partial charge is 0.409 e. The Kier molecular flexibility index (Phi) is 12.2. The van der Waals surface area contributed by atoms with Gasteiger partial charge in [-0.05, 0) is 56.8 Å². The number of carbonyl (C=O) groups is 1. The maximum atomic E-state index is 11.9. The van der Waals surface area contributed by atoms with E-state index < -0.39 is 0 Å². The van der Waals surface area contributed by atoms with Gasteiger partial charge in [-0.2, -0.15) is 0 Å². The molecule has 2 N–H and O–H groups in total. The highest BCUT2D eigenvalue weighted by Crippen LogP contribution is 2.15. The Morgan fingerprint density at radius 2 is 1.78 bits per heavy atom. The molecule has 1 aromatic rings. The Bertz CT molecular complexity index is 714. The fourth-order valence-electron chi connectivity index (χ4n) is 4.39. The summed E-state index contributed by atoms with van der Waals surface area (Å²) >= 11 is 0. The Balaban J connectivity index is 0.00000363. The molecule has 0 aliphatic carbocycles. The lowest BCUT2D eigenvalue weighted by atomic mass is 10.1. The Morgan fingerprint density at radius 1 is 1.09 bits per heavy atom.